The highest BCUT2D eigenvalue weighted by Crippen LogP contribution is 2.12. The third-order valence-electron chi connectivity index (χ3n) is 3.24. The van der Waals surface area contributed by atoms with Crippen LogP contribution in [0.4, 0.5) is 4.79 Å². The molecule has 0 aromatic heterocycles. The van der Waals surface area contributed by atoms with Gasteiger partial charge >= 0.3 is 6.09 Å². The molecular weight excluding hydrogens is 320 g/mol. The van der Waals surface area contributed by atoms with Gasteiger partial charge in [-0.2, -0.15) is 0 Å². The van der Waals surface area contributed by atoms with Crippen LogP contribution in [-0.4, -0.2) is 27.0 Å². The lowest BCUT2D eigenvalue weighted by molar-refractivity contribution is -0.122. The first-order valence-electron chi connectivity index (χ1n) is 7.36. The first-order valence-corrected chi connectivity index (χ1v) is 8.84. The van der Waals surface area contributed by atoms with Gasteiger partial charge in [0, 0.05) is 12.5 Å². The number of hydrogen-bond donors (Lipinski definition) is 2. The van der Waals surface area contributed by atoms with Crippen molar-refractivity contribution in [3.8, 4) is 0 Å². The Morgan fingerprint density at radius 3 is 2.30 bits per heavy atom. The molecule has 1 aromatic rings. The van der Waals surface area contributed by atoms with E-state index in [-0.39, 0.29) is 24.0 Å². The van der Waals surface area contributed by atoms with Gasteiger partial charge < -0.3 is 10.1 Å². The lowest BCUT2D eigenvalue weighted by Gasteiger charge is -2.11. The van der Waals surface area contributed by atoms with Gasteiger partial charge in [-0.1, -0.05) is 26.0 Å². The number of alkyl carbamates (subject to hydrolysis) is 1. The van der Waals surface area contributed by atoms with Crippen LogP contribution in [0.3, 0.4) is 0 Å². The maximum Gasteiger partial charge on any atom is 0.407 e. The summed E-state index contributed by atoms with van der Waals surface area (Å²) in [4.78, 5) is 22.9. The van der Waals surface area contributed by atoms with Crippen molar-refractivity contribution < 1.29 is 22.7 Å². The molecule has 23 heavy (non-hydrogen) atoms. The average Bonchev–Trinajstić information content (AvgIpc) is 2.52. The number of amides is 2. The fourth-order valence-electron chi connectivity index (χ4n) is 1.62. The van der Waals surface area contributed by atoms with Crippen LogP contribution >= 0.6 is 0 Å². The summed E-state index contributed by atoms with van der Waals surface area (Å²) in [6.45, 7) is 5.67. The van der Waals surface area contributed by atoms with Gasteiger partial charge in [-0.25, -0.2) is 17.9 Å². The third-order valence-corrected chi connectivity index (χ3v) is 4.60. The second-order valence-corrected chi connectivity index (χ2v) is 6.68. The van der Waals surface area contributed by atoms with Gasteiger partial charge in [-0.15, -0.1) is 0 Å². The number of carbonyl (C=O) groups excluding carboxylic acids is 2. The monoisotopic (exact) mass is 342 g/mol. The number of carbonyl (C=O) groups is 2. The zero-order valence-electron chi connectivity index (χ0n) is 13.5. The molecule has 7 nitrogen and oxygen atoms in total. The summed E-state index contributed by atoms with van der Waals surface area (Å²) in [6.07, 6.45) is 0.0184. The Hall–Kier alpha value is -2.09. The van der Waals surface area contributed by atoms with Crippen molar-refractivity contribution in [1.29, 1.82) is 0 Å². The van der Waals surface area contributed by atoms with Gasteiger partial charge in [0.1, 0.15) is 0 Å². The van der Waals surface area contributed by atoms with Crippen LogP contribution in [0.1, 0.15) is 32.8 Å². The molecule has 1 aromatic carbocycles. The number of ether oxygens (including phenoxy) is 1. The molecule has 0 unspecified atom stereocenters. The molecule has 1 atom stereocenters. The van der Waals surface area contributed by atoms with Crippen molar-refractivity contribution in [2.24, 2.45) is 5.92 Å². The van der Waals surface area contributed by atoms with E-state index < -0.39 is 22.0 Å². The number of nitrogens with one attached hydrogen (secondary N) is 2. The second kappa shape index (κ2) is 8.52. The second-order valence-electron chi connectivity index (χ2n) is 5.00. The summed E-state index contributed by atoms with van der Waals surface area (Å²) in [5.41, 5.74) is 0.713. The van der Waals surface area contributed by atoms with Crippen LogP contribution in [0.15, 0.2) is 29.2 Å². The van der Waals surface area contributed by atoms with Crippen LogP contribution in [0.2, 0.25) is 0 Å². The minimum absolute atomic E-state index is 0.00552. The molecule has 0 saturated carbocycles. The molecule has 0 fully saturated rings. The molecule has 0 heterocycles. The maximum atomic E-state index is 12.1. The van der Waals surface area contributed by atoms with Crippen molar-refractivity contribution in [2.75, 3.05) is 6.61 Å². The Morgan fingerprint density at radius 1 is 1.17 bits per heavy atom. The van der Waals surface area contributed by atoms with Gasteiger partial charge in [0.15, 0.2) is 0 Å². The van der Waals surface area contributed by atoms with E-state index in [2.05, 4.69) is 10.0 Å². The highest BCUT2D eigenvalue weighted by Gasteiger charge is 2.20. The summed E-state index contributed by atoms with van der Waals surface area (Å²) in [6, 6.07) is 5.89. The van der Waals surface area contributed by atoms with Crippen molar-refractivity contribution >= 4 is 22.0 Å². The molecule has 0 bridgehead atoms. The maximum absolute atomic E-state index is 12.1. The SMILES string of the molecule is CCOC(=O)NCc1ccc(S(=O)(=O)NC(=O)[C@@H](C)CC)cc1. The normalized spacial score (nSPS) is 12.3. The third kappa shape index (κ3) is 5.90. The Morgan fingerprint density at radius 2 is 1.78 bits per heavy atom. The summed E-state index contributed by atoms with van der Waals surface area (Å²) >= 11 is 0. The predicted molar refractivity (Wildman–Crippen MR) is 85.1 cm³/mol. The minimum Gasteiger partial charge on any atom is -0.450 e. The smallest absolute Gasteiger partial charge is 0.407 e. The zero-order valence-corrected chi connectivity index (χ0v) is 14.3. The highest BCUT2D eigenvalue weighted by atomic mass is 32.2. The average molecular weight is 342 g/mol. The summed E-state index contributed by atoms with van der Waals surface area (Å²) < 4.78 is 31.0. The molecule has 1 rings (SSSR count). The van der Waals surface area contributed by atoms with Crippen molar-refractivity contribution in [1.82, 2.24) is 10.0 Å². The molecule has 0 aliphatic carbocycles. The standard InChI is InChI=1S/C15H22N2O5S/c1-4-11(3)14(18)17-23(20,21)13-8-6-12(7-9-13)10-16-15(19)22-5-2/h6-9,11H,4-5,10H2,1-3H3,(H,16,19)(H,17,18)/t11-/m0/s1. The predicted octanol–water partition coefficient (Wildman–Crippen LogP) is 1.78. The van der Waals surface area contributed by atoms with E-state index in [1.54, 1.807) is 26.0 Å². The van der Waals surface area contributed by atoms with Crippen LogP contribution in [0.5, 0.6) is 0 Å². The van der Waals surface area contributed by atoms with Crippen LogP contribution < -0.4 is 10.0 Å². The highest BCUT2D eigenvalue weighted by molar-refractivity contribution is 7.90. The summed E-state index contributed by atoms with van der Waals surface area (Å²) in [5, 5.41) is 2.53. The first-order chi connectivity index (χ1) is 10.8. The van der Waals surface area contributed by atoms with Gasteiger partial charge in [0.05, 0.1) is 11.5 Å². The van der Waals surface area contributed by atoms with Crippen molar-refractivity contribution in [3.05, 3.63) is 29.8 Å². The molecular formula is C15H22N2O5S. The quantitative estimate of drug-likeness (QED) is 0.786. The van der Waals surface area contributed by atoms with Crippen LogP contribution in [0, 0.1) is 5.92 Å². The summed E-state index contributed by atoms with van der Waals surface area (Å²) in [5.74, 6) is -0.904. The number of hydrogen-bond acceptors (Lipinski definition) is 5. The molecule has 0 aliphatic rings. The van der Waals surface area contributed by atoms with E-state index in [0.717, 1.165) is 0 Å². The topological polar surface area (TPSA) is 102 Å². The molecule has 128 valence electrons. The van der Waals surface area contributed by atoms with Crippen molar-refractivity contribution in [2.45, 2.75) is 38.6 Å². The van der Waals surface area contributed by atoms with E-state index in [9.17, 15) is 18.0 Å². The van der Waals surface area contributed by atoms with E-state index in [1.807, 2.05) is 6.92 Å². The lowest BCUT2D eigenvalue weighted by Crippen LogP contribution is -2.34. The van der Waals surface area contributed by atoms with E-state index >= 15 is 0 Å². The van der Waals surface area contributed by atoms with Gasteiger partial charge in [0.25, 0.3) is 10.0 Å². The number of benzene rings is 1. The molecule has 0 aliphatic heterocycles. The Bertz CT molecular complexity index is 640. The van der Waals surface area contributed by atoms with Crippen molar-refractivity contribution in [3.63, 3.8) is 0 Å². The Balaban J connectivity index is 2.71. The molecule has 2 N–H and O–H groups in total. The molecule has 0 spiro atoms. The molecule has 8 heteroatoms. The van der Waals surface area contributed by atoms with Crippen LogP contribution in [0.25, 0.3) is 0 Å². The van der Waals surface area contributed by atoms with E-state index in [4.69, 9.17) is 4.74 Å². The van der Waals surface area contributed by atoms with Gasteiger partial charge in [0.2, 0.25) is 5.91 Å². The molecule has 0 saturated heterocycles. The fraction of sp³-hybridized carbons (Fsp3) is 0.467. The lowest BCUT2D eigenvalue weighted by atomic mass is 10.1. The number of rotatable bonds is 7. The van der Waals surface area contributed by atoms with Gasteiger partial charge in [-0.05, 0) is 31.0 Å². The Labute approximate surface area is 136 Å². The minimum atomic E-state index is -3.88. The van der Waals surface area contributed by atoms with Gasteiger partial charge in [-0.3, -0.25) is 4.79 Å². The number of sulfonamides is 1. The summed E-state index contributed by atoms with van der Waals surface area (Å²) in [7, 11) is -3.88. The first kappa shape index (κ1) is 19.0. The Kier molecular flexibility index (Phi) is 7.02. The van der Waals surface area contributed by atoms with Crippen LogP contribution in [-0.2, 0) is 26.1 Å². The van der Waals surface area contributed by atoms with E-state index in [0.29, 0.717) is 12.0 Å². The van der Waals surface area contributed by atoms with E-state index in [1.165, 1.54) is 12.1 Å². The molecule has 2 amide bonds. The zero-order chi connectivity index (χ0) is 17.5. The largest absolute Gasteiger partial charge is 0.450 e. The molecule has 0 radical (unpaired) electrons. The fourth-order valence-corrected chi connectivity index (χ4v) is 2.70.